The summed E-state index contributed by atoms with van der Waals surface area (Å²) in [6.45, 7) is 0. The third kappa shape index (κ3) is 2.43. The summed E-state index contributed by atoms with van der Waals surface area (Å²) < 4.78 is 13.3. The molecule has 14 heavy (non-hydrogen) atoms. The Morgan fingerprint density at radius 2 is 2.21 bits per heavy atom. The molecule has 1 amide bonds. The van der Waals surface area contributed by atoms with Crippen molar-refractivity contribution in [2.24, 2.45) is 11.5 Å². The number of carbonyl (C=O) groups is 1. The van der Waals surface area contributed by atoms with Crippen molar-refractivity contribution in [3.05, 3.63) is 34.6 Å². The normalized spacial score (nSPS) is 12.5. The predicted molar refractivity (Wildman–Crippen MR) is 52.3 cm³/mol. The quantitative estimate of drug-likeness (QED) is 0.786. The third-order valence-electron chi connectivity index (χ3n) is 1.84. The number of halogens is 2. The van der Waals surface area contributed by atoms with Crippen molar-refractivity contribution in [1.82, 2.24) is 0 Å². The van der Waals surface area contributed by atoms with Gasteiger partial charge in [0.05, 0.1) is 11.1 Å². The first-order valence-corrected chi connectivity index (χ1v) is 4.38. The van der Waals surface area contributed by atoms with Crippen molar-refractivity contribution >= 4 is 17.5 Å². The van der Waals surface area contributed by atoms with Crippen molar-refractivity contribution in [2.45, 2.75) is 12.5 Å². The lowest BCUT2D eigenvalue weighted by atomic mass is 10.1. The molecule has 3 nitrogen and oxygen atoms in total. The van der Waals surface area contributed by atoms with E-state index in [0.717, 1.165) is 0 Å². The fourth-order valence-corrected chi connectivity index (χ4v) is 1.24. The number of hydrogen-bond acceptors (Lipinski definition) is 2. The Balaban J connectivity index is 2.87. The highest BCUT2D eigenvalue weighted by Gasteiger charge is 2.14. The zero-order valence-corrected chi connectivity index (χ0v) is 8.09. The van der Waals surface area contributed by atoms with Gasteiger partial charge in [0, 0.05) is 0 Å². The van der Waals surface area contributed by atoms with Crippen molar-refractivity contribution in [3.63, 3.8) is 0 Å². The largest absolute Gasteiger partial charge is 0.368 e. The van der Waals surface area contributed by atoms with E-state index in [1.54, 1.807) is 6.07 Å². The minimum Gasteiger partial charge on any atom is -0.368 e. The van der Waals surface area contributed by atoms with Gasteiger partial charge in [-0.2, -0.15) is 0 Å². The molecular weight excluding hydrogens is 207 g/mol. The number of amides is 1. The van der Waals surface area contributed by atoms with Crippen LogP contribution >= 0.6 is 11.6 Å². The Hall–Kier alpha value is -1.13. The summed E-state index contributed by atoms with van der Waals surface area (Å²) in [6.07, 6.45) is 0.0573. The summed E-state index contributed by atoms with van der Waals surface area (Å²) in [4.78, 5) is 10.6. The van der Waals surface area contributed by atoms with Crippen LogP contribution in [0.15, 0.2) is 18.2 Å². The molecule has 0 aliphatic heterocycles. The van der Waals surface area contributed by atoms with E-state index in [2.05, 4.69) is 0 Å². The summed E-state index contributed by atoms with van der Waals surface area (Å²) in [5, 5.41) is 0.0131. The van der Waals surface area contributed by atoms with Crippen molar-refractivity contribution in [1.29, 1.82) is 0 Å². The van der Waals surface area contributed by atoms with Gasteiger partial charge in [-0.05, 0) is 18.1 Å². The second-order valence-electron chi connectivity index (χ2n) is 2.93. The maximum Gasteiger partial charge on any atom is 0.234 e. The Labute approximate surface area is 85.8 Å². The molecule has 0 spiro atoms. The minimum absolute atomic E-state index is 0.0131. The highest BCUT2D eigenvalue weighted by molar-refractivity contribution is 6.30. The van der Waals surface area contributed by atoms with Crippen LogP contribution in [-0.2, 0) is 11.2 Å². The van der Waals surface area contributed by atoms with Gasteiger partial charge in [-0.15, -0.1) is 0 Å². The van der Waals surface area contributed by atoms with Gasteiger partial charge in [-0.3, -0.25) is 4.79 Å². The highest BCUT2D eigenvalue weighted by atomic mass is 35.5. The van der Waals surface area contributed by atoms with Gasteiger partial charge in [0.15, 0.2) is 0 Å². The SMILES string of the molecule is NC(=O)C(N)Cc1cccc(Cl)c1F. The molecule has 0 fully saturated rings. The summed E-state index contributed by atoms with van der Waals surface area (Å²) in [7, 11) is 0. The monoisotopic (exact) mass is 216 g/mol. The molecule has 5 heteroatoms. The Bertz CT molecular complexity index is 357. The first-order valence-electron chi connectivity index (χ1n) is 4.00. The lowest BCUT2D eigenvalue weighted by Crippen LogP contribution is -2.38. The molecule has 1 unspecified atom stereocenters. The smallest absolute Gasteiger partial charge is 0.234 e. The van der Waals surface area contributed by atoms with Crippen LogP contribution in [0.4, 0.5) is 4.39 Å². The zero-order valence-electron chi connectivity index (χ0n) is 7.34. The van der Waals surface area contributed by atoms with Crippen LogP contribution in [0.2, 0.25) is 5.02 Å². The van der Waals surface area contributed by atoms with Crippen LogP contribution in [0.3, 0.4) is 0 Å². The summed E-state index contributed by atoms with van der Waals surface area (Å²) in [5.74, 6) is -1.21. The number of rotatable bonds is 3. The number of benzene rings is 1. The molecule has 0 bridgehead atoms. The van der Waals surface area contributed by atoms with Gasteiger partial charge >= 0.3 is 0 Å². The van der Waals surface area contributed by atoms with E-state index in [-0.39, 0.29) is 11.4 Å². The van der Waals surface area contributed by atoms with E-state index in [4.69, 9.17) is 23.1 Å². The maximum atomic E-state index is 13.3. The molecular formula is C9H10ClFN2O. The summed E-state index contributed by atoms with van der Waals surface area (Å²) in [5.41, 5.74) is 10.6. The first-order chi connectivity index (χ1) is 6.52. The van der Waals surface area contributed by atoms with Gasteiger partial charge in [-0.25, -0.2) is 4.39 Å². The average Bonchev–Trinajstić information content (AvgIpc) is 2.12. The van der Waals surface area contributed by atoms with Crippen LogP contribution in [0.25, 0.3) is 0 Å². The van der Waals surface area contributed by atoms with E-state index >= 15 is 0 Å². The first kappa shape index (κ1) is 10.9. The van der Waals surface area contributed by atoms with Crippen molar-refractivity contribution in [2.75, 3.05) is 0 Å². The van der Waals surface area contributed by atoms with Crippen molar-refractivity contribution < 1.29 is 9.18 Å². The van der Waals surface area contributed by atoms with Gasteiger partial charge in [0.1, 0.15) is 5.82 Å². The Morgan fingerprint density at radius 1 is 1.57 bits per heavy atom. The second kappa shape index (κ2) is 4.39. The van der Waals surface area contributed by atoms with Crippen LogP contribution in [0.5, 0.6) is 0 Å². The number of nitrogens with two attached hydrogens (primary N) is 2. The molecule has 0 aliphatic carbocycles. The summed E-state index contributed by atoms with van der Waals surface area (Å²) in [6, 6.07) is 3.65. The Morgan fingerprint density at radius 3 is 2.79 bits per heavy atom. The molecule has 4 N–H and O–H groups in total. The molecule has 1 aromatic rings. The van der Waals surface area contributed by atoms with E-state index in [1.807, 2.05) is 0 Å². The molecule has 0 radical (unpaired) electrons. The van der Waals surface area contributed by atoms with Crippen molar-refractivity contribution in [3.8, 4) is 0 Å². The van der Waals surface area contributed by atoms with Gasteiger partial charge in [-0.1, -0.05) is 23.7 Å². The number of primary amides is 1. The topological polar surface area (TPSA) is 69.1 Å². The average molecular weight is 217 g/mol. The van der Waals surface area contributed by atoms with Crippen LogP contribution < -0.4 is 11.5 Å². The molecule has 76 valence electrons. The van der Waals surface area contributed by atoms with Crippen LogP contribution in [-0.4, -0.2) is 11.9 Å². The van der Waals surface area contributed by atoms with Gasteiger partial charge in [0.25, 0.3) is 0 Å². The maximum absolute atomic E-state index is 13.3. The minimum atomic E-state index is -0.886. The van der Waals surface area contributed by atoms with Crippen LogP contribution in [0.1, 0.15) is 5.56 Å². The van der Waals surface area contributed by atoms with E-state index < -0.39 is 17.8 Å². The van der Waals surface area contributed by atoms with E-state index in [0.29, 0.717) is 5.56 Å². The summed E-state index contributed by atoms with van der Waals surface area (Å²) >= 11 is 5.54. The number of carbonyl (C=O) groups excluding carboxylic acids is 1. The van der Waals surface area contributed by atoms with Gasteiger partial charge in [0.2, 0.25) is 5.91 Å². The van der Waals surface area contributed by atoms with Gasteiger partial charge < -0.3 is 11.5 Å². The molecule has 0 aliphatic rings. The zero-order chi connectivity index (χ0) is 10.7. The Kier molecular flexibility index (Phi) is 3.43. The van der Waals surface area contributed by atoms with Crippen LogP contribution in [0, 0.1) is 5.82 Å². The standard InChI is InChI=1S/C9H10ClFN2O/c10-6-3-1-2-5(8(6)11)4-7(12)9(13)14/h1-3,7H,4,12H2,(H2,13,14). The molecule has 0 heterocycles. The van der Waals surface area contributed by atoms with E-state index in [9.17, 15) is 9.18 Å². The fourth-order valence-electron chi connectivity index (χ4n) is 1.04. The second-order valence-corrected chi connectivity index (χ2v) is 3.33. The highest BCUT2D eigenvalue weighted by Crippen LogP contribution is 2.18. The van der Waals surface area contributed by atoms with E-state index in [1.165, 1.54) is 12.1 Å². The third-order valence-corrected chi connectivity index (χ3v) is 2.13. The molecule has 1 rings (SSSR count). The molecule has 1 atom stereocenters. The predicted octanol–water partition coefficient (Wildman–Crippen LogP) is 0.834. The molecule has 0 saturated heterocycles. The molecule has 0 saturated carbocycles. The fraction of sp³-hybridized carbons (Fsp3) is 0.222. The lowest BCUT2D eigenvalue weighted by Gasteiger charge is -2.08. The molecule has 1 aromatic carbocycles. The molecule has 0 aromatic heterocycles. The number of hydrogen-bond donors (Lipinski definition) is 2. The lowest BCUT2D eigenvalue weighted by molar-refractivity contribution is -0.119.